The molecule has 35 heavy (non-hydrogen) atoms. The van der Waals surface area contributed by atoms with Crippen molar-refractivity contribution >= 4 is 68.3 Å². The highest BCUT2D eigenvalue weighted by Gasteiger charge is 2.39. The minimum absolute atomic E-state index is 0.0875. The zero-order valence-electron chi connectivity index (χ0n) is 18.2. The monoisotopic (exact) mass is 553 g/mol. The molecule has 0 aliphatic carbocycles. The van der Waals surface area contributed by atoms with Crippen LogP contribution in [0.4, 0.5) is 17.1 Å². The second-order valence-electron chi connectivity index (χ2n) is 7.34. The first kappa shape index (κ1) is 24.2. The predicted molar refractivity (Wildman–Crippen MR) is 135 cm³/mol. The number of esters is 1. The number of nitrogens with one attached hydrogen (secondary N) is 2. The quantitative estimate of drug-likeness (QED) is 0.331. The standard InChI is InChI=1S/C25H17BrClN3O5/c1-35-25(34)14-5-9-17(10-6-14)29-22(31)15-3-2-4-18(13-15)28-21-20(27)23(32)30(24(21)33)19-11-7-16(26)8-12-19/h2-13,28H,1H3,(H,29,31). The number of rotatable bonds is 6. The largest absolute Gasteiger partial charge is 0.465 e. The molecule has 176 valence electrons. The Hall–Kier alpha value is -3.95. The fourth-order valence-electron chi connectivity index (χ4n) is 3.33. The summed E-state index contributed by atoms with van der Waals surface area (Å²) in [6.07, 6.45) is 0. The van der Waals surface area contributed by atoms with E-state index in [0.717, 1.165) is 9.37 Å². The van der Waals surface area contributed by atoms with Gasteiger partial charge in [0.1, 0.15) is 10.7 Å². The molecule has 0 fully saturated rings. The van der Waals surface area contributed by atoms with Gasteiger partial charge in [-0.05, 0) is 66.7 Å². The van der Waals surface area contributed by atoms with Gasteiger partial charge in [0.25, 0.3) is 17.7 Å². The minimum atomic E-state index is -0.647. The number of ether oxygens (including phenoxy) is 1. The summed E-state index contributed by atoms with van der Waals surface area (Å²) in [7, 11) is 1.29. The summed E-state index contributed by atoms with van der Waals surface area (Å²) >= 11 is 9.50. The Labute approximate surface area is 213 Å². The zero-order chi connectivity index (χ0) is 25.1. The molecule has 4 rings (SSSR count). The summed E-state index contributed by atoms with van der Waals surface area (Å²) in [4.78, 5) is 50.8. The Morgan fingerprint density at radius 2 is 1.57 bits per heavy atom. The Morgan fingerprint density at radius 3 is 2.23 bits per heavy atom. The van der Waals surface area contributed by atoms with Crippen molar-refractivity contribution in [2.75, 3.05) is 22.6 Å². The number of methoxy groups -OCH3 is 1. The summed E-state index contributed by atoms with van der Waals surface area (Å²) in [5.41, 5.74) is 1.82. The second-order valence-corrected chi connectivity index (χ2v) is 8.63. The molecular formula is C25H17BrClN3O5. The minimum Gasteiger partial charge on any atom is -0.465 e. The maximum absolute atomic E-state index is 12.9. The van der Waals surface area contributed by atoms with Crippen molar-refractivity contribution in [3.8, 4) is 0 Å². The summed E-state index contributed by atoms with van der Waals surface area (Å²) in [6.45, 7) is 0. The van der Waals surface area contributed by atoms with Crippen molar-refractivity contribution in [2.45, 2.75) is 0 Å². The fourth-order valence-corrected chi connectivity index (χ4v) is 3.81. The average molecular weight is 555 g/mol. The highest BCUT2D eigenvalue weighted by atomic mass is 79.9. The lowest BCUT2D eigenvalue weighted by Crippen LogP contribution is -2.32. The third kappa shape index (κ3) is 5.11. The average Bonchev–Trinajstić information content (AvgIpc) is 3.07. The molecule has 1 aliphatic rings. The van der Waals surface area contributed by atoms with Gasteiger partial charge in [0, 0.05) is 21.4 Å². The normalized spacial score (nSPS) is 13.2. The number of halogens is 2. The van der Waals surface area contributed by atoms with E-state index in [-0.39, 0.29) is 10.7 Å². The van der Waals surface area contributed by atoms with Crippen molar-refractivity contribution in [2.24, 2.45) is 0 Å². The molecule has 2 N–H and O–H groups in total. The summed E-state index contributed by atoms with van der Waals surface area (Å²) in [5, 5.41) is 5.34. The van der Waals surface area contributed by atoms with Crippen molar-refractivity contribution < 1.29 is 23.9 Å². The van der Waals surface area contributed by atoms with E-state index < -0.39 is 23.7 Å². The van der Waals surface area contributed by atoms with Crippen LogP contribution in [0.1, 0.15) is 20.7 Å². The number of anilines is 3. The first-order valence-corrected chi connectivity index (χ1v) is 11.4. The topological polar surface area (TPSA) is 105 Å². The van der Waals surface area contributed by atoms with Gasteiger partial charge in [-0.2, -0.15) is 0 Å². The van der Waals surface area contributed by atoms with Crippen LogP contribution in [0.5, 0.6) is 0 Å². The van der Waals surface area contributed by atoms with Crippen molar-refractivity contribution in [3.05, 3.63) is 99.1 Å². The molecule has 1 heterocycles. The number of carbonyl (C=O) groups is 4. The number of benzene rings is 3. The summed E-state index contributed by atoms with van der Waals surface area (Å²) in [5.74, 6) is -2.15. The number of nitrogens with zero attached hydrogens (tertiary/aromatic N) is 1. The molecule has 0 unspecified atom stereocenters. The maximum Gasteiger partial charge on any atom is 0.337 e. The van der Waals surface area contributed by atoms with Gasteiger partial charge in [0.15, 0.2) is 0 Å². The third-order valence-corrected chi connectivity index (χ3v) is 5.95. The van der Waals surface area contributed by atoms with Crippen LogP contribution in [0, 0.1) is 0 Å². The Bertz CT molecular complexity index is 1370. The van der Waals surface area contributed by atoms with Crippen LogP contribution in [-0.2, 0) is 14.3 Å². The third-order valence-electron chi connectivity index (χ3n) is 5.07. The van der Waals surface area contributed by atoms with Crippen LogP contribution in [0.15, 0.2) is 88.0 Å². The molecule has 0 saturated carbocycles. The van der Waals surface area contributed by atoms with Gasteiger partial charge >= 0.3 is 5.97 Å². The number of hydrogen-bond acceptors (Lipinski definition) is 6. The lowest BCUT2D eigenvalue weighted by Gasteiger charge is -2.15. The molecule has 1 aliphatic heterocycles. The molecule has 0 saturated heterocycles. The number of carbonyl (C=O) groups excluding carboxylic acids is 4. The van der Waals surface area contributed by atoms with Crippen molar-refractivity contribution in [3.63, 3.8) is 0 Å². The van der Waals surface area contributed by atoms with Crippen molar-refractivity contribution in [1.29, 1.82) is 0 Å². The van der Waals surface area contributed by atoms with Gasteiger partial charge < -0.3 is 15.4 Å². The fraction of sp³-hybridized carbons (Fsp3) is 0.0400. The predicted octanol–water partition coefficient (Wildman–Crippen LogP) is 4.92. The van der Waals surface area contributed by atoms with Gasteiger partial charge in [-0.25, -0.2) is 9.69 Å². The Morgan fingerprint density at radius 1 is 0.886 bits per heavy atom. The highest BCUT2D eigenvalue weighted by Crippen LogP contribution is 2.31. The van der Waals surface area contributed by atoms with Crippen molar-refractivity contribution in [1.82, 2.24) is 0 Å². The van der Waals surface area contributed by atoms with E-state index in [0.29, 0.717) is 28.2 Å². The Kier molecular flexibility index (Phi) is 6.99. The smallest absolute Gasteiger partial charge is 0.337 e. The SMILES string of the molecule is COC(=O)c1ccc(NC(=O)c2cccc(NC3=C(Cl)C(=O)N(c4ccc(Br)cc4)C3=O)c2)cc1. The van der Waals surface area contributed by atoms with Crippen LogP contribution in [0.25, 0.3) is 0 Å². The zero-order valence-corrected chi connectivity index (χ0v) is 20.5. The van der Waals surface area contributed by atoms with Crippen LogP contribution < -0.4 is 15.5 Å². The Balaban J connectivity index is 1.49. The molecule has 0 radical (unpaired) electrons. The maximum atomic E-state index is 12.9. The molecular weight excluding hydrogens is 538 g/mol. The lowest BCUT2D eigenvalue weighted by atomic mass is 10.1. The van der Waals surface area contributed by atoms with Gasteiger partial charge in [0.2, 0.25) is 0 Å². The van der Waals surface area contributed by atoms with E-state index in [4.69, 9.17) is 11.6 Å². The lowest BCUT2D eigenvalue weighted by molar-refractivity contribution is -0.120. The van der Waals surface area contributed by atoms with Gasteiger partial charge in [-0.15, -0.1) is 0 Å². The number of imide groups is 1. The molecule has 0 atom stereocenters. The molecule has 0 aromatic heterocycles. The van der Waals surface area contributed by atoms with Gasteiger partial charge in [-0.3, -0.25) is 14.4 Å². The van der Waals surface area contributed by atoms with E-state index in [1.165, 1.54) is 25.3 Å². The molecule has 0 spiro atoms. The highest BCUT2D eigenvalue weighted by molar-refractivity contribution is 9.10. The summed E-state index contributed by atoms with van der Waals surface area (Å²) in [6, 6.07) is 19.3. The first-order valence-electron chi connectivity index (χ1n) is 10.2. The molecule has 3 aromatic rings. The van der Waals surface area contributed by atoms with Gasteiger partial charge in [0.05, 0.1) is 18.4 Å². The molecule has 0 bridgehead atoms. The van der Waals surface area contributed by atoms with Crippen LogP contribution >= 0.6 is 27.5 Å². The molecule has 10 heteroatoms. The number of amides is 3. The second kappa shape index (κ2) is 10.1. The van der Waals surface area contributed by atoms with Crippen LogP contribution in [0.3, 0.4) is 0 Å². The number of hydrogen-bond donors (Lipinski definition) is 2. The van der Waals surface area contributed by atoms with E-state index >= 15 is 0 Å². The van der Waals surface area contributed by atoms with E-state index in [1.54, 1.807) is 54.6 Å². The van der Waals surface area contributed by atoms with Crippen LogP contribution in [-0.4, -0.2) is 30.8 Å². The van der Waals surface area contributed by atoms with E-state index in [2.05, 4.69) is 31.3 Å². The van der Waals surface area contributed by atoms with E-state index in [9.17, 15) is 19.2 Å². The molecule has 3 aromatic carbocycles. The summed E-state index contributed by atoms with van der Waals surface area (Å²) < 4.78 is 5.45. The van der Waals surface area contributed by atoms with E-state index in [1.807, 2.05) is 0 Å². The molecule has 3 amide bonds. The molecule has 8 nitrogen and oxygen atoms in total. The first-order chi connectivity index (χ1) is 16.8. The van der Waals surface area contributed by atoms with Crippen LogP contribution in [0.2, 0.25) is 0 Å². The van der Waals surface area contributed by atoms with Gasteiger partial charge in [-0.1, -0.05) is 33.6 Å².